The third-order valence-electron chi connectivity index (χ3n) is 3.26. The minimum Gasteiger partial charge on any atom is -0.481 e. The summed E-state index contributed by atoms with van der Waals surface area (Å²) >= 11 is 0. The van der Waals surface area contributed by atoms with Gasteiger partial charge in [-0.15, -0.1) is 0 Å². The van der Waals surface area contributed by atoms with Crippen LogP contribution in [0.25, 0.3) is 6.08 Å². The first-order valence-corrected chi connectivity index (χ1v) is 7.69. The quantitative estimate of drug-likeness (QED) is 0.673. The second-order valence-electron chi connectivity index (χ2n) is 5.19. The summed E-state index contributed by atoms with van der Waals surface area (Å²) in [5.41, 5.74) is 1.20. The summed E-state index contributed by atoms with van der Waals surface area (Å²) in [5.74, 6) is -1.98. The first-order chi connectivity index (χ1) is 12.1. The zero-order valence-corrected chi connectivity index (χ0v) is 13.4. The molecule has 0 aromatic heterocycles. The Hall–Kier alpha value is -3.41. The third-order valence-corrected chi connectivity index (χ3v) is 3.26. The van der Waals surface area contributed by atoms with Gasteiger partial charge in [0.1, 0.15) is 5.70 Å². The lowest BCUT2D eigenvalue weighted by Crippen LogP contribution is -2.35. The maximum Gasteiger partial charge on any atom is 0.305 e. The molecule has 128 valence electrons. The molecule has 2 amide bonds. The van der Waals surface area contributed by atoms with Crippen LogP contribution in [-0.2, 0) is 9.59 Å². The second-order valence-corrected chi connectivity index (χ2v) is 5.19. The van der Waals surface area contributed by atoms with E-state index >= 15 is 0 Å². The monoisotopic (exact) mass is 338 g/mol. The molecule has 0 heterocycles. The molecule has 2 aromatic carbocycles. The summed E-state index contributed by atoms with van der Waals surface area (Å²) in [6.45, 7) is -0.0263. The molecule has 2 aromatic rings. The molecule has 0 spiro atoms. The number of aliphatic carboxylic acids is 1. The van der Waals surface area contributed by atoms with Gasteiger partial charge in [0.15, 0.2) is 0 Å². The molecule has 0 bridgehead atoms. The normalized spacial score (nSPS) is 10.8. The predicted octanol–water partition coefficient (Wildman–Crippen LogP) is 2.05. The molecule has 0 aliphatic heterocycles. The zero-order valence-electron chi connectivity index (χ0n) is 13.4. The van der Waals surface area contributed by atoms with E-state index in [-0.39, 0.29) is 18.7 Å². The molecule has 2 rings (SSSR count). The SMILES string of the molecule is O=C(O)CCNC(=O)/C(=C/c1ccccc1)NC(=O)c1ccccc1. The summed E-state index contributed by atoms with van der Waals surface area (Å²) in [4.78, 5) is 35.2. The zero-order chi connectivity index (χ0) is 18.1. The summed E-state index contributed by atoms with van der Waals surface area (Å²) in [6, 6.07) is 17.6. The van der Waals surface area contributed by atoms with Crippen LogP contribution in [0.4, 0.5) is 0 Å². The minimum absolute atomic E-state index is 0.0263. The van der Waals surface area contributed by atoms with Crippen LogP contribution in [0.1, 0.15) is 22.3 Å². The average Bonchev–Trinajstić information content (AvgIpc) is 2.62. The van der Waals surface area contributed by atoms with Crippen LogP contribution < -0.4 is 10.6 Å². The highest BCUT2D eigenvalue weighted by Crippen LogP contribution is 2.07. The number of benzene rings is 2. The molecular formula is C19H18N2O4. The van der Waals surface area contributed by atoms with Gasteiger partial charge in [0.05, 0.1) is 6.42 Å². The molecule has 0 saturated carbocycles. The van der Waals surface area contributed by atoms with Gasteiger partial charge in [0, 0.05) is 12.1 Å². The van der Waals surface area contributed by atoms with E-state index in [4.69, 9.17) is 5.11 Å². The third kappa shape index (κ3) is 5.95. The molecule has 0 saturated heterocycles. The van der Waals surface area contributed by atoms with Crippen LogP contribution in [0.15, 0.2) is 66.4 Å². The first kappa shape index (κ1) is 17.9. The number of hydrogen-bond acceptors (Lipinski definition) is 3. The molecule has 0 fully saturated rings. The van der Waals surface area contributed by atoms with Crippen molar-refractivity contribution < 1.29 is 19.5 Å². The van der Waals surface area contributed by atoms with Crippen LogP contribution in [0.5, 0.6) is 0 Å². The van der Waals surface area contributed by atoms with E-state index in [9.17, 15) is 14.4 Å². The van der Waals surface area contributed by atoms with Gasteiger partial charge in [-0.05, 0) is 23.8 Å². The summed E-state index contributed by atoms with van der Waals surface area (Å²) in [7, 11) is 0. The fourth-order valence-electron chi connectivity index (χ4n) is 2.04. The van der Waals surface area contributed by atoms with Gasteiger partial charge in [-0.25, -0.2) is 0 Å². The molecule has 0 unspecified atom stereocenters. The number of nitrogens with one attached hydrogen (secondary N) is 2. The van der Waals surface area contributed by atoms with E-state index in [0.717, 1.165) is 5.56 Å². The number of carbonyl (C=O) groups excluding carboxylic acids is 2. The molecular weight excluding hydrogens is 320 g/mol. The molecule has 6 heteroatoms. The first-order valence-electron chi connectivity index (χ1n) is 7.69. The van der Waals surface area contributed by atoms with Gasteiger partial charge < -0.3 is 15.7 Å². The Morgan fingerprint density at radius 3 is 2.12 bits per heavy atom. The predicted molar refractivity (Wildman–Crippen MR) is 93.6 cm³/mol. The van der Waals surface area contributed by atoms with E-state index in [2.05, 4.69) is 10.6 Å². The van der Waals surface area contributed by atoms with Crippen molar-refractivity contribution >= 4 is 23.9 Å². The summed E-state index contributed by atoms with van der Waals surface area (Å²) in [6.07, 6.45) is 1.34. The molecule has 6 nitrogen and oxygen atoms in total. The van der Waals surface area contributed by atoms with Gasteiger partial charge in [0.25, 0.3) is 11.8 Å². The van der Waals surface area contributed by atoms with Crippen LogP contribution in [0.3, 0.4) is 0 Å². The Labute approximate surface area is 145 Å². The average molecular weight is 338 g/mol. The minimum atomic E-state index is -1.01. The van der Waals surface area contributed by atoms with Crippen LogP contribution >= 0.6 is 0 Å². The molecule has 0 atom stereocenters. The maximum absolute atomic E-state index is 12.3. The highest BCUT2D eigenvalue weighted by molar-refractivity contribution is 6.05. The number of carboxylic acid groups (broad SMARTS) is 1. The highest BCUT2D eigenvalue weighted by Gasteiger charge is 2.14. The van der Waals surface area contributed by atoms with Gasteiger partial charge in [0.2, 0.25) is 0 Å². The van der Waals surface area contributed by atoms with Gasteiger partial charge in [-0.3, -0.25) is 14.4 Å². The van der Waals surface area contributed by atoms with Crippen molar-refractivity contribution in [2.45, 2.75) is 6.42 Å². The largest absolute Gasteiger partial charge is 0.481 e. The standard InChI is InChI=1S/C19H18N2O4/c22-17(23)11-12-20-19(25)16(13-14-7-3-1-4-8-14)21-18(24)15-9-5-2-6-10-15/h1-10,13H,11-12H2,(H,20,25)(H,21,24)(H,22,23)/b16-13-. The van der Waals surface area contributed by atoms with Crippen molar-refractivity contribution in [1.29, 1.82) is 0 Å². The van der Waals surface area contributed by atoms with Crippen LogP contribution in [0, 0.1) is 0 Å². The molecule has 3 N–H and O–H groups in total. The van der Waals surface area contributed by atoms with E-state index in [1.54, 1.807) is 42.5 Å². The van der Waals surface area contributed by atoms with Gasteiger partial charge >= 0.3 is 5.97 Å². The number of rotatable bonds is 7. The van der Waals surface area contributed by atoms with E-state index in [0.29, 0.717) is 5.56 Å². The van der Waals surface area contributed by atoms with Crippen molar-refractivity contribution in [3.05, 3.63) is 77.5 Å². The van der Waals surface area contributed by atoms with Crippen molar-refractivity contribution in [2.75, 3.05) is 6.54 Å². The number of amides is 2. The van der Waals surface area contributed by atoms with Crippen LogP contribution in [0.2, 0.25) is 0 Å². The van der Waals surface area contributed by atoms with Crippen molar-refractivity contribution in [3.8, 4) is 0 Å². The lowest BCUT2D eigenvalue weighted by molar-refractivity contribution is -0.136. The topological polar surface area (TPSA) is 95.5 Å². The maximum atomic E-state index is 12.3. The molecule has 25 heavy (non-hydrogen) atoms. The lowest BCUT2D eigenvalue weighted by Gasteiger charge is -2.11. The number of carboxylic acids is 1. The number of carbonyl (C=O) groups is 3. The molecule has 0 aliphatic rings. The smallest absolute Gasteiger partial charge is 0.305 e. The second kappa shape index (κ2) is 9.02. The Morgan fingerprint density at radius 2 is 1.52 bits per heavy atom. The van der Waals surface area contributed by atoms with Gasteiger partial charge in [-0.2, -0.15) is 0 Å². The summed E-state index contributed by atoms with van der Waals surface area (Å²) < 4.78 is 0. The van der Waals surface area contributed by atoms with Crippen molar-refractivity contribution in [3.63, 3.8) is 0 Å². The van der Waals surface area contributed by atoms with Gasteiger partial charge in [-0.1, -0.05) is 48.5 Å². The molecule has 0 radical (unpaired) electrons. The molecule has 0 aliphatic carbocycles. The Balaban J connectivity index is 2.17. The Kier molecular flexibility index (Phi) is 6.47. The fourth-order valence-corrected chi connectivity index (χ4v) is 2.04. The van der Waals surface area contributed by atoms with Crippen LogP contribution in [-0.4, -0.2) is 29.4 Å². The van der Waals surface area contributed by atoms with E-state index in [1.165, 1.54) is 6.08 Å². The van der Waals surface area contributed by atoms with Crippen molar-refractivity contribution in [1.82, 2.24) is 10.6 Å². The number of hydrogen-bond donors (Lipinski definition) is 3. The fraction of sp³-hybridized carbons (Fsp3) is 0.105. The Morgan fingerprint density at radius 1 is 0.920 bits per heavy atom. The lowest BCUT2D eigenvalue weighted by atomic mass is 10.1. The van der Waals surface area contributed by atoms with E-state index in [1.807, 2.05) is 18.2 Å². The summed E-state index contributed by atoms with van der Waals surface area (Å²) in [5, 5.41) is 13.7. The van der Waals surface area contributed by atoms with Crippen molar-refractivity contribution in [2.24, 2.45) is 0 Å². The van der Waals surface area contributed by atoms with E-state index < -0.39 is 17.8 Å². The Bertz CT molecular complexity index is 771. The highest BCUT2D eigenvalue weighted by atomic mass is 16.4.